The molecule has 6 heteroatoms. The van der Waals surface area contributed by atoms with E-state index in [0.29, 0.717) is 6.42 Å². The predicted octanol–water partition coefficient (Wildman–Crippen LogP) is 2.77. The molecule has 0 aliphatic carbocycles. The normalized spacial score (nSPS) is 20.1. The van der Waals surface area contributed by atoms with Gasteiger partial charge in [-0.15, -0.1) is 0 Å². The van der Waals surface area contributed by atoms with E-state index in [1.165, 1.54) is 18.2 Å². The summed E-state index contributed by atoms with van der Waals surface area (Å²) in [6, 6.07) is 6.66. The van der Waals surface area contributed by atoms with Gasteiger partial charge in [0.25, 0.3) is 5.91 Å². The molecule has 2 atom stereocenters. The van der Waals surface area contributed by atoms with Crippen molar-refractivity contribution in [2.45, 2.75) is 19.4 Å². The molecular formula is C16H14F2N2O2. The zero-order valence-corrected chi connectivity index (χ0v) is 11.8. The average Bonchev–Trinajstić information content (AvgIpc) is 2.46. The van der Waals surface area contributed by atoms with Gasteiger partial charge in [0, 0.05) is 23.1 Å². The minimum absolute atomic E-state index is 0.0197. The third kappa shape index (κ3) is 2.52. The van der Waals surface area contributed by atoms with Gasteiger partial charge < -0.3 is 10.5 Å². The van der Waals surface area contributed by atoms with Gasteiger partial charge in [0.2, 0.25) is 5.88 Å². The summed E-state index contributed by atoms with van der Waals surface area (Å²) in [7, 11) is 0. The van der Waals surface area contributed by atoms with Gasteiger partial charge in [-0.05, 0) is 24.6 Å². The van der Waals surface area contributed by atoms with Gasteiger partial charge in [-0.3, -0.25) is 4.79 Å². The highest BCUT2D eigenvalue weighted by Gasteiger charge is 2.31. The molecule has 22 heavy (non-hydrogen) atoms. The standard InChI is InChI=1S/C16H14F2N2O2/c1-8-6-9-2-5-13(15(19)21)20-16(9)22-14(8)11-4-3-10(17)7-12(11)18/h2-5,7-8,14H,6H2,1H3,(H2,19,21). The molecule has 0 bridgehead atoms. The van der Waals surface area contributed by atoms with Crippen molar-refractivity contribution in [3.8, 4) is 5.88 Å². The lowest BCUT2D eigenvalue weighted by Gasteiger charge is -2.31. The van der Waals surface area contributed by atoms with Crippen LogP contribution in [-0.4, -0.2) is 10.9 Å². The van der Waals surface area contributed by atoms with Crippen molar-refractivity contribution >= 4 is 5.91 Å². The summed E-state index contributed by atoms with van der Waals surface area (Å²) < 4.78 is 32.8. The van der Waals surface area contributed by atoms with E-state index >= 15 is 0 Å². The van der Waals surface area contributed by atoms with Crippen LogP contribution in [0.2, 0.25) is 0 Å². The van der Waals surface area contributed by atoms with E-state index in [1.807, 2.05) is 6.92 Å². The number of benzene rings is 1. The zero-order valence-electron chi connectivity index (χ0n) is 11.8. The molecule has 1 aliphatic heterocycles. The van der Waals surface area contributed by atoms with Gasteiger partial charge in [0.05, 0.1) is 0 Å². The zero-order chi connectivity index (χ0) is 15.9. The molecule has 1 aromatic heterocycles. The number of fused-ring (bicyclic) bond motifs is 1. The van der Waals surface area contributed by atoms with Crippen LogP contribution in [0.25, 0.3) is 0 Å². The Morgan fingerprint density at radius 2 is 2.09 bits per heavy atom. The largest absolute Gasteiger partial charge is 0.469 e. The Labute approximate surface area is 125 Å². The highest BCUT2D eigenvalue weighted by Crippen LogP contribution is 2.38. The molecule has 1 amide bonds. The van der Waals surface area contributed by atoms with Crippen LogP contribution in [0.1, 0.15) is 34.6 Å². The van der Waals surface area contributed by atoms with E-state index < -0.39 is 23.6 Å². The Kier molecular flexibility index (Phi) is 3.52. The molecule has 1 aliphatic rings. The van der Waals surface area contributed by atoms with Crippen LogP contribution in [-0.2, 0) is 6.42 Å². The van der Waals surface area contributed by atoms with Crippen LogP contribution < -0.4 is 10.5 Å². The summed E-state index contributed by atoms with van der Waals surface area (Å²) in [5, 5.41) is 0. The third-order valence-electron chi connectivity index (χ3n) is 3.76. The van der Waals surface area contributed by atoms with Gasteiger partial charge in [-0.1, -0.05) is 13.0 Å². The number of hydrogen-bond acceptors (Lipinski definition) is 3. The minimum Gasteiger partial charge on any atom is -0.469 e. The van der Waals surface area contributed by atoms with E-state index in [2.05, 4.69) is 4.98 Å². The molecule has 0 spiro atoms. The Balaban J connectivity index is 1.99. The number of halogens is 2. The first kappa shape index (κ1) is 14.4. The second-order valence-corrected chi connectivity index (χ2v) is 5.41. The summed E-state index contributed by atoms with van der Waals surface area (Å²) in [5.41, 5.74) is 6.39. The van der Waals surface area contributed by atoms with Crippen molar-refractivity contribution in [1.82, 2.24) is 4.98 Å². The quantitative estimate of drug-likeness (QED) is 0.928. The van der Waals surface area contributed by atoms with Gasteiger partial charge >= 0.3 is 0 Å². The summed E-state index contributed by atoms with van der Waals surface area (Å²) in [4.78, 5) is 15.3. The van der Waals surface area contributed by atoms with E-state index in [-0.39, 0.29) is 23.1 Å². The van der Waals surface area contributed by atoms with E-state index in [9.17, 15) is 13.6 Å². The van der Waals surface area contributed by atoms with Crippen molar-refractivity contribution in [3.05, 3.63) is 58.8 Å². The Morgan fingerprint density at radius 3 is 2.77 bits per heavy atom. The molecule has 2 N–H and O–H groups in total. The number of carbonyl (C=O) groups excluding carboxylic acids is 1. The maximum absolute atomic E-state index is 14.0. The fourth-order valence-electron chi connectivity index (χ4n) is 2.66. The van der Waals surface area contributed by atoms with Crippen LogP contribution in [0.4, 0.5) is 8.78 Å². The van der Waals surface area contributed by atoms with Gasteiger partial charge in [0.1, 0.15) is 23.4 Å². The molecule has 0 saturated carbocycles. The number of primary amides is 1. The van der Waals surface area contributed by atoms with E-state index in [4.69, 9.17) is 10.5 Å². The molecule has 0 saturated heterocycles. The first-order valence-electron chi connectivity index (χ1n) is 6.87. The number of hydrogen-bond donors (Lipinski definition) is 1. The summed E-state index contributed by atoms with van der Waals surface area (Å²) in [6.07, 6.45) is 0.0202. The highest BCUT2D eigenvalue weighted by atomic mass is 19.1. The highest BCUT2D eigenvalue weighted by molar-refractivity contribution is 5.90. The SMILES string of the molecule is CC1Cc2ccc(C(N)=O)nc2OC1c1ccc(F)cc1F. The fraction of sp³-hybridized carbons (Fsp3) is 0.250. The van der Waals surface area contributed by atoms with Crippen molar-refractivity contribution in [3.63, 3.8) is 0 Å². The molecule has 3 rings (SSSR count). The molecule has 0 radical (unpaired) electrons. The molecule has 2 aromatic rings. The Morgan fingerprint density at radius 1 is 1.32 bits per heavy atom. The van der Waals surface area contributed by atoms with Crippen molar-refractivity contribution in [2.24, 2.45) is 11.7 Å². The first-order valence-corrected chi connectivity index (χ1v) is 6.87. The molecule has 2 heterocycles. The lowest BCUT2D eigenvalue weighted by atomic mass is 9.89. The minimum atomic E-state index is -0.661. The smallest absolute Gasteiger partial charge is 0.267 e. The number of rotatable bonds is 2. The molecule has 0 fully saturated rings. The van der Waals surface area contributed by atoms with Crippen molar-refractivity contribution in [2.75, 3.05) is 0 Å². The molecule has 114 valence electrons. The summed E-state index contributed by atoms with van der Waals surface area (Å²) >= 11 is 0. The van der Waals surface area contributed by atoms with Crippen molar-refractivity contribution in [1.29, 1.82) is 0 Å². The van der Waals surface area contributed by atoms with Crippen LogP contribution in [0.15, 0.2) is 30.3 Å². The van der Waals surface area contributed by atoms with Crippen LogP contribution in [0.5, 0.6) is 5.88 Å². The lowest BCUT2D eigenvalue weighted by Crippen LogP contribution is -2.26. The molecule has 4 nitrogen and oxygen atoms in total. The number of nitrogens with zero attached hydrogens (tertiary/aromatic N) is 1. The van der Waals surface area contributed by atoms with E-state index in [1.54, 1.807) is 6.07 Å². The van der Waals surface area contributed by atoms with E-state index in [0.717, 1.165) is 11.6 Å². The maximum atomic E-state index is 14.0. The number of pyridine rings is 1. The lowest BCUT2D eigenvalue weighted by molar-refractivity contribution is 0.0979. The van der Waals surface area contributed by atoms with Crippen LogP contribution in [0, 0.1) is 17.6 Å². The number of ether oxygens (including phenoxy) is 1. The monoisotopic (exact) mass is 304 g/mol. The second-order valence-electron chi connectivity index (χ2n) is 5.41. The Hall–Kier alpha value is -2.50. The second kappa shape index (κ2) is 5.36. The number of aromatic nitrogens is 1. The van der Waals surface area contributed by atoms with Gasteiger partial charge in [-0.25, -0.2) is 13.8 Å². The topological polar surface area (TPSA) is 65.2 Å². The third-order valence-corrected chi connectivity index (χ3v) is 3.76. The number of nitrogens with two attached hydrogens (primary N) is 1. The summed E-state index contributed by atoms with van der Waals surface area (Å²) in [6.45, 7) is 1.92. The van der Waals surface area contributed by atoms with Gasteiger partial charge in [-0.2, -0.15) is 0 Å². The predicted molar refractivity (Wildman–Crippen MR) is 75.3 cm³/mol. The first-order chi connectivity index (χ1) is 10.5. The van der Waals surface area contributed by atoms with Crippen LogP contribution >= 0.6 is 0 Å². The number of carbonyl (C=O) groups is 1. The Bertz CT molecular complexity index is 749. The molecule has 2 unspecified atom stereocenters. The summed E-state index contributed by atoms with van der Waals surface area (Å²) in [5.74, 6) is -1.71. The fourth-order valence-corrected chi connectivity index (χ4v) is 2.66. The average molecular weight is 304 g/mol. The van der Waals surface area contributed by atoms with Crippen molar-refractivity contribution < 1.29 is 18.3 Å². The van der Waals surface area contributed by atoms with Gasteiger partial charge in [0.15, 0.2) is 0 Å². The molecular weight excluding hydrogens is 290 g/mol. The number of amides is 1. The maximum Gasteiger partial charge on any atom is 0.267 e. The van der Waals surface area contributed by atoms with Crippen LogP contribution in [0.3, 0.4) is 0 Å². The molecule has 1 aromatic carbocycles.